The zero-order valence-electron chi connectivity index (χ0n) is 27.2. The number of aromatic nitrogens is 1. The summed E-state index contributed by atoms with van der Waals surface area (Å²) in [5, 5.41) is 10.7. The molecule has 0 saturated carbocycles. The number of aliphatic imine (C=N–C) groups is 3. The van der Waals surface area contributed by atoms with E-state index >= 15 is 0 Å². The highest BCUT2D eigenvalue weighted by Crippen LogP contribution is 2.42. The molecule has 1 aromatic heterocycles. The van der Waals surface area contributed by atoms with E-state index in [0.29, 0.717) is 5.57 Å². The molecule has 5 heteroatoms. The number of hydrogen-bond acceptors (Lipinski definition) is 4. The molecule has 2 N–H and O–H groups in total. The van der Waals surface area contributed by atoms with Crippen molar-refractivity contribution in [1.29, 1.82) is 0 Å². The van der Waals surface area contributed by atoms with Gasteiger partial charge in [-0.25, -0.2) is 15.0 Å². The molecule has 5 nitrogen and oxygen atoms in total. The first kappa shape index (κ1) is 29.6. The van der Waals surface area contributed by atoms with Crippen LogP contribution in [-0.4, -0.2) is 27.2 Å². The molecule has 6 rings (SSSR count). The summed E-state index contributed by atoms with van der Waals surface area (Å²) in [5.41, 5.74) is 19.9. The fraction of sp³-hybridized carbons (Fsp3) is 0.308. The second kappa shape index (κ2) is 11.5. The van der Waals surface area contributed by atoms with Crippen molar-refractivity contribution >= 4 is 28.8 Å². The summed E-state index contributed by atoms with van der Waals surface area (Å²) < 4.78 is 0. The van der Waals surface area contributed by atoms with Crippen LogP contribution in [0.1, 0.15) is 95.8 Å². The van der Waals surface area contributed by atoms with Gasteiger partial charge in [0.1, 0.15) is 0 Å². The lowest BCUT2D eigenvalue weighted by Gasteiger charge is -2.12. The van der Waals surface area contributed by atoms with Crippen molar-refractivity contribution < 1.29 is 5.11 Å². The van der Waals surface area contributed by atoms with Crippen molar-refractivity contribution in [3.8, 4) is 0 Å². The fourth-order valence-corrected chi connectivity index (χ4v) is 7.21. The van der Waals surface area contributed by atoms with Crippen molar-refractivity contribution in [2.45, 2.75) is 81.1 Å². The fourth-order valence-electron chi connectivity index (χ4n) is 7.21. The van der Waals surface area contributed by atoms with Gasteiger partial charge < -0.3 is 10.1 Å². The minimum absolute atomic E-state index is 0.679. The van der Waals surface area contributed by atoms with Crippen LogP contribution in [0.2, 0.25) is 0 Å². The van der Waals surface area contributed by atoms with Crippen LogP contribution < -0.4 is 0 Å². The second-order valence-electron chi connectivity index (χ2n) is 11.9. The summed E-state index contributed by atoms with van der Waals surface area (Å²) >= 11 is 0. The van der Waals surface area contributed by atoms with E-state index < -0.39 is 0 Å². The molecular weight excluding hydrogens is 540 g/mol. The minimum atomic E-state index is 0.679. The molecular formula is C39H42N4O. The summed E-state index contributed by atoms with van der Waals surface area (Å²) in [6.07, 6.45) is 8.89. The summed E-state index contributed by atoms with van der Waals surface area (Å²) in [6, 6.07) is 10.6. The van der Waals surface area contributed by atoms with Crippen LogP contribution in [0.15, 0.2) is 114 Å². The molecule has 0 aliphatic carbocycles. The Morgan fingerprint density at radius 3 is 1.84 bits per heavy atom. The molecule has 224 valence electrons. The Bertz CT molecular complexity index is 1910. The lowest BCUT2D eigenvalue weighted by atomic mass is 9.91. The van der Waals surface area contributed by atoms with Crippen LogP contribution in [0, 0.1) is 6.92 Å². The van der Waals surface area contributed by atoms with Gasteiger partial charge in [0.15, 0.2) is 0 Å². The number of benzene rings is 1. The molecule has 4 aliphatic heterocycles. The lowest BCUT2D eigenvalue weighted by Crippen LogP contribution is -2.15. The number of fused-ring (bicyclic) bond motifs is 5. The maximum atomic E-state index is 10.7. The average Bonchev–Trinajstić information content (AvgIpc) is 3.71. The highest BCUT2D eigenvalue weighted by atomic mass is 16.2. The summed E-state index contributed by atoms with van der Waals surface area (Å²) in [6.45, 7) is 17.4. The van der Waals surface area contributed by atoms with Crippen molar-refractivity contribution in [2.24, 2.45) is 15.0 Å². The molecule has 0 radical (unpaired) electrons. The molecule has 0 amide bonds. The lowest BCUT2D eigenvalue weighted by molar-refractivity contribution is 0.472. The molecule has 0 saturated heterocycles. The minimum Gasteiger partial charge on any atom is -0.515 e. The first-order valence-corrected chi connectivity index (χ1v) is 15.9. The average molecular weight is 583 g/mol. The topological polar surface area (TPSA) is 73.1 Å². The van der Waals surface area contributed by atoms with Crippen molar-refractivity contribution in [3.05, 3.63) is 127 Å². The second-order valence-corrected chi connectivity index (χ2v) is 11.9. The Kier molecular flexibility index (Phi) is 7.75. The normalized spacial score (nSPS) is 19.3. The summed E-state index contributed by atoms with van der Waals surface area (Å²) in [5.74, 6) is 0. The molecule has 44 heavy (non-hydrogen) atoms. The molecule has 0 unspecified atom stereocenters. The van der Waals surface area contributed by atoms with Gasteiger partial charge in [0.05, 0.1) is 51.8 Å². The number of aliphatic hydroxyl groups excluding tert-OH is 1. The van der Waals surface area contributed by atoms with Gasteiger partial charge >= 0.3 is 0 Å². The summed E-state index contributed by atoms with van der Waals surface area (Å²) in [4.78, 5) is 19.6. The zero-order valence-corrected chi connectivity index (χ0v) is 27.2. The van der Waals surface area contributed by atoms with Crippen LogP contribution in [0.4, 0.5) is 0 Å². The standard InChI is InChI=1S/C39H42N4O/c1-9-26-23(7)36-35(25-16-14-13-15-17-25)37-24(8)27(10-2)34(43-37)19-32-22(6)29(12-4)39(41-32)30(20-44)38-28(11-3)21(5)31(40-38)18-33(26)42-36/h13-20,42,44H,9-12H2,1-8H3/b30-20+,31-18?,32-19?,37-35?. The third-order valence-corrected chi connectivity index (χ3v) is 9.63. The highest BCUT2D eigenvalue weighted by Gasteiger charge is 2.32. The predicted molar refractivity (Wildman–Crippen MR) is 185 cm³/mol. The van der Waals surface area contributed by atoms with E-state index in [9.17, 15) is 5.11 Å². The molecule has 4 aliphatic rings. The molecule has 0 fully saturated rings. The Hall–Kier alpha value is -4.51. The zero-order chi connectivity index (χ0) is 31.3. The van der Waals surface area contributed by atoms with Gasteiger partial charge in [0, 0.05) is 11.3 Å². The van der Waals surface area contributed by atoms with E-state index in [4.69, 9.17) is 15.0 Å². The van der Waals surface area contributed by atoms with Gasteiger partial charge in [-0.15, -0.1) is 0 Å². The third-order valence-electron chi connectivity index (χ3n) is 9.63. The van der Waals surface area contributed by atoms with E-state index in [0.717, 1.165) is 105 Å². The largest absolute Gasteiger partial charge is 0.515 e. The predicted octanol–water partition coefficient (Wildman–Crippen LogP) is 9.87. The number of H-pyrrole nitrogens is 1. The van der Waals surface area contributed by atoms with Crippen molar-refractivity contribution in [1.82, 2.24) is 4.98 Å². The molecule has 0 atom stereocenters. The first-order valence-electron chi connectivity index (χ1n) is 15.9. The van der Waals surface area contributed by atoms with Gasteiger partial charge in [-0.1, -0.05) is 58.0 Å². The number of aliphatic hydroxyl groups is 1. The first-order chi connectivity index (χ1) is 21.3. The molecule has 2 aromatic rings. The number of allylic oxidation sites excluding steroid dienone is 8. The van der Waals surface area contributed by atoms with Crippen LogP contribution in [-0.2, 0) is 6.42 Å². The third kappa shape index (κ3) is 4.49. The van der Waals surface area contributed by atoms with Gasteiger partial charge in [0.25, 0.3) is 0 Å². The maximum absolute atomic E-state index is 10.7. The Morgan fingerprint density at radius 2 is 1.30 bits per heavy atom. The van der Waals surface area contributed by atoms with E-state index in [-0.39, 0.29) is 0 Å². The van der Waals surface area contributed by atoms with E-state index in [1.807, 2.05) is 0 Å². The van der Waals surface area contributed by atoms with E-state index in [1.165, 1.54) is 28.5 Å². The van der Waals surface area contributed by atoms with Crippen molar-refractivity contribution in [3.63, 3.8) is 0 Å². The Labute approximate surface area is 261 Å². The van der Waals surface area contributed by atoms with Crippen LogP contribution in [0.3, 0.4) is 0 Å². The van der Waals surface area contributed by atoms with Crippen LogP contribution in [0.5, 0.6) is 0 Å². The van der Waals surface area contributed by atoms with E-state index in [2.05, 4.69) is 103 Å². The highest BCUT2D eigenvalue weighted by molar-refractivity contribution is 6.36. The Morgan fingerprint density at radius 1 is 0.705 bits per heavy atom. The number of aromatic amines is 1. The molecule has 8 bridgehead atoms. The van der Waals surface area contributed by atoms with E-state index in [1.54, 1.807) is 0 Å². The summed E-state index contributed by atoms with van der Waals surface area (Å²) in [7, 11) is 0. The smallest absolute Gasteiger partial charge is 0.0907 e. The maximum Gasteiger partial charge on any atom is 0.0907 e. The SMILES string of the molecule is CCC1=C(C)C2=C(c3ccccc3)c3[nH]c(c(CC)c3C)C=C3N=C(C(CC)=C3C)/C(=C\O)C3=NC(=CC1=N2)C(C)=C3CC. The Balaban J connectivity index is 1.77. The number of hydrogen-bond donors (Lipinski definition) is 2. The van der Waals surface area contributed by atoms with Crippen molar-refractivity contribution in [2.75, 3.05) is 0 Å². The number of nitrogens with zero attached hydrogens (tertiary/aromatic N) is 3. The molecule has 5 heterocycles. The molecule has 0 spiro atoms. The van der Waals surface area contributed by atoms with Gasteiger partial charge in [-0.05, 0) is 116 Å². The monoisotopic (exact) mass is 582 g/mol. The number of rotatable bonds is 5. The van der Waals surface area contributed by atoms with Crippen LogP contribution >= 0.6 is 0 Å². The number of nitrogens with one attached hydrogen (secondary N) is 1. The van der Waals surface area contributed by atoms with Gasteiger partial charge in [-0.2, -0.15) is 0 Å². The quantitative estimate of drug-likeness (QED) is 0.338. The van der Waals surface area contributed by atoms with Gasteiger partial charge in [0.2, 0.25) is 0 Å². The van der Waals surface area contributed by atoms with Gasteiger partial charge in [-0.3, -0.25) is 0 Å². The molecule has 1 aromatic carbocycles. The van der Waals surface area contributed by atoms with Crippen LogP contribution in [0.25, 0.3) is 11.6 Å².